The molecule has 3 nitrogen and oxygen atoms in total. The van der Waals surface area contributed by atoms with Crippen molar-refractivity contribution in [3.63, 3.8) is 0 Å². The van der Waals surface area contributed by atoms with E-state index >= 15 is 0 Å². The fourth-order valence-corrected chi connectivity index (χ4v) is 3.67. The third-order valence-corrected chi connectivity index (χ3v) is 5.22. The first-order valence-electron chi connectivity index (χ1n) is 6.76. The van der Waals surface area contributed by atoms with Crippen LogP contribution in [-0.2, 0) is 12.8 Å². The van der Waals surface area contributed by atoms with Crippen LogP contribution in [0.1, 0.15) is 5.56 Å². The first kappa shape index (κ1) is 16.7. The van der Waals surface area contributed by atoms with Crippen LogP contribution in [-0.4, -0.2) is 14.8 Å². The van der Waals surface area contributed by atoms with Crippen molar-refractivity contribution >= 4 is 46.6 Å². The van der Waals surface area contributed by atoms with Gasteiger partial charge in [0.05, 0.1) is 0 Å². The summed E-state index contributed by atoms with van der Waals surface area (Å²) in [6, 6.07) is 13.0. The minimum absolute atomic E-state index is 0.632. The largest absolute Gasteiger partial charge is 0.305 e. The van der Waals surface area contributed by atoms with Gasteiger partial charge in [-0.1, -0.05) is 52.6 Å². The van der Waals surface area contributed by atoms with Gasteiger partial charge in [0.25, 0.3) is 0 Å². The molecule has 0 fully saturated rings. The monoisotopic (exact) mass is 383 g/mol. The number of hydrogen-bond acceptors (Lipinski definition) is 3. The molecule has 0 N–H and O–H groups in total. The summed E-state index contributed by atoms with van der Waals surface area (Å²) in [7, 11) is 1.94. The van der Waals surface area contributed by atoms with Gasteiger partial charge in [0.15, 0.2) is 11.0 Å². The zero-order valence-corrected chi connectivity index (χ0v) is 15.2. The third-order valence-electron chi connectivity index (χ3n) is 3.31. The van der Waals surface area contributed by atoms with Gasteiger partial charge in [-0.25, -0.2) is 0 Å². The quantitative estimate of drug-likeness (QED) is 0.538. The Balaban J connectivity index is 1.78. The molecule has 0 spiro atoms. The van der Waals surface area contributed by atoms with Crippen LogP contribution in [0.3, 0.4) is 0 Å². The van der Waals surface area contributed by atoms with E-state index in [1.165, 1.54) is 0 Å². The van der Waals surface area contributed by atoms with Crippen molar-refractivity contribution in [2.75, 3.05) is 0 Å². The first-order valence-corrected chi connectivity index (χ1v) is 8.88. The zero-order chi connectivity index (χ0) is 16.4. The SMILES string of the molecule is Cn1c(SCc2ccc(Cl)cc2Cl)nnc1-c1ccc(Cl)cc1. The molecule has 0 aliphatic carbocycles. The summed E-state index contributed by atoms with van der Waals surface area (Å²) in [5.41, 5.74) is 1.98. The Morgan fingerprint density at radius 2 is 1.65 bits per heavy atom. The summed E-state index contributed by atoms with van der Waals surface area (Å²) in [4.78, 5) is 0. The predicted octanol–water partition coefficient (Wildman–Crippen LogP) is 5.73. The number of nitrogens with zero attached hydrogens (tertiary/aromatic N) is 3. The average Bonchev–Trinajstić information content (AvgIpc) is 2.88. The van der Waals surface area contributed by atoms with E-state index in [4.69, 9.17) is 34.8 Å². The second-order valence-electron chi connectivity index (χ2n) is 4.90. The molecule has 0 saturated carbocycles. The Labute approximate surface area is 153 Å². The molecule has 1 aromatic heterocycles. The van der Waals surface area contributed by atoms with Gasteiger partial charge in [-0.05, 0) is 42.0 Å². The minimum Gasteiger partial charge on any atom is -0.305 e. The van der Waals surface area contributed by atoms with E-state index in [0.717, 1.165) is 22.1 Å². The first-order chi connectivity index (χ1) is 11.0. The lowest BCUT2D eigenvalue weighted by Gasteiger charge is -2.06. The van der Waals surface area contributed by atoms with Crippen molar-refractivity contribution in [3.8, 4) is 11.4 Å². The van der Waals surface area contributed by atoms with Crippen LogP contribution in [0.5, 0.6) is 0 Å². The van der Waals surface area contributed by atoms with E-state index in [9.17, 15) is 0 Å². The topological polar surface area (TPSA) is 30.7 Å². The standard InChI is InChI=1S/C16H12Cl3N3S/c1-22-15(10-2-5-12(17)6-3-10)20-21-16(22)23-9-11-4-7-13(18)8-14(11)19/h2-8H,9H2,1H3. The van der Waals surface area contributed by atoms with Crippen molar-refractivity contribution in [2.24, 2.45) is 7.05 Å². The average molecular weight is 385 g/mol. The van der Waals surface area contributed by atoms with Crippen molar-refractivity contribution in [1.82, 2.24) is 14.8 Å². The lowest BCUT2D eigenvalue weighted by Crippen LogP contribution is -1.95. The van der Waals surface area contributed by atoms with Gasteiger partial charge in [0.1, 0.15) is 0 Å². The van der Waals surface area contributed by atoms with E-state index in [1.54, 1.807) is 17.8 Å². The van der Waals surface area contributed by atoms with Crippen LogP contribution in [0.4, 0.5) is 0 Å². The molecule has 0 amide bonds. The maximum absolute atomic E-state index is 6.20. The molecule has 3 rings (SSSR count). The molecule has 118 valence electrons. The predicted molar refractivity (Wildman–Crippen MR) is 97.5 cm³/mol. The van der Waals surface area contributed by atoms with Crippen LogP contribution in [0.15, 0.2) is 47.6 Å². The van der Waals surface area contributed by atoms with Gasteiger partial charge in [-0.2, -0.15) is 0 Å². The lowest BCUT2D eigenvalue weighted by atomic mass is 10.2. The molecule has 0 atom stereocenters. The van der Waals surface area contributed by atoms with Crippen molar-refractivity contribution < 1.29 is 0 Å². The Morgan fingerprint density at radius 1 is 0.957 bits per heavy atom. The number of halogens is 3. The number of benzene rings is 2. The molecule has 0 aliphatic heterocycles. The molecule has 23 heavy (non-hydrogen) atoms. The summed E-state index contributed by atoms with van der Waals surface area (Å²) in [5.74, 6) is 1.49. The lowest BCUT2D eigenvalue weighted by molar-refractivity contribution is 0.794. The molecule has 0 radical (unpaired) electrons. The van der Waals surface area contributed by atoms with Crippen molar-refractivity contribution in [2.45, 2.75) is 10.9 Å². The smallest absolute Gasteiger partial charge is 0.191 e. The van der Waals surface area contributed by atoms with Gasteiger partial charge in [0.2, 0.25) is 0 Å². The van der Waals surface area contributed by atoms with Crippen molar-refractivity contribution in [1.29, 1.82) is 0 Å². The van der Waals surface area contributed by atoms with Crippen LogP contribution in [0, 0.1) is 0 Å². The summed E-state index contributed by atoms with van der Waals surface area (Å²) < 4.78 is 1.96. The second kappa shape index (κ2) is 7.14. The van der Waals surface area contributed by atoms with Gasteiger partial charge in [0, 0.05) is 33.4 Å². The van der Waals surface area contributed by atoms with Crippen LogP contribution >= 0.6 is 46.6 Å². The Hall–Kier alpha value is -1.20. The highest BCUT2D eigenvalue weighted by atomic mass is 35.5. The second-order valence-corrected chi connectivity index (χ2v) is 7.12. The molecule has 0 bridgehead atoms. The number of thioether (sulfide) groups is 1. The molecule has 2 aromatic carbocycles. The third kappa shape index (κ3) is 3.83. The highest BCUT2D eigenvalue weighted by molar-refractivity contribution is 7.98. The molecule has 1 heterocycles. The fourth-order valence-electron chi connectivity index (χ4n) is 2.07. The molecular formula is C16H12Cl3N3S. The van der Waals surface area contributed by atoms with Gasteiger partial charge < -0.3 is 4.57 Å². The molecule has 0 aliphatic rings. The highest BCUT2D eigenvalue weighted by Gasteiger charge is 2.12. The van der Waals surface area contributed by atoms with Gasteiger partial charge >= 0.3 is 0 Å². The minimum atomic E-state index is 0.632. The van der Waals surface area contributed by atoms with E-state index in [-0.39, 0.29) is 0 Å². The zero-order valence-electron chi connectivity index (χ0n) is 12.1. The molecular weight excluding hydrogens is 373 g/mol. The summed E-state index contributed by atoms with van der Waals surface area (Å²) in [6.07, 6.45) is 0. The molecule has 0 unspecified atom stereocenters. The van der Waals surface area contributed by atoms with E-state index < -0.39 is 0 Å². The van der Waals surface area contributed by atoms with Crippen LogP contribution in [0.25, 0.3) is 11.4 Å². The fraction of sp³-hybridized carbons (Fsp3) is 0.125. The molecule has 3 aromatic rings. The van der Waals surface area contributed by atoms with E-state index in [2.05, 4.69) is 10.2 Å². The molecule has 0 saturated heterocycles. The van der Waals surface area contributed by atoms with Gasteiger partial charge in [-0.3, -0.25) is 0 Å². The van der Waals surface area contributed by atoms with Gasteiger partial charge in [-0.15, -0.1) is 10.2 Å². The number of aromatic nitrogens is 3. The Morgan fingerprint density at radius 3 is 2.35 bits per heavy atom. The summed E-state index contributed by atoms with van der Waals surface area (Å²) in [6.45, 7) is 0. The Kier molecular flexibility index (Phi) is 5.17. The van der Waals surface area contributed by atoms with Crippen LogP contribution in [0.2, 0.25) is 15.1 Å². The maximum Gasteiger partial charge on any atom is 0.191 e. The summed E-state index contributed by atoms with van der Waals surface area (Å²) >= 11 is 19.6. The van der Waals surface area contributed by atoms with E-state index in [0.29, 0.717) is 20.8 Å². The number of hydrogen-bond donors (Lipinski definition) is 0. The van der Waals surface area contributed by atoms with Crippen molar-refractivity contribution in [3.05, 3.63) is 63.1 Å². The van der Waals surface area contributed by atoms with E-state index in [1.807, 2.05) is 48.0 Å². The van der Waals surface area contributed by atoms with Crippen LogP contribution < -0.4 is 0 Å². The Bertz CT molecular complexity index is 831. The molecule has 7 heteroatoms. The normalized spacial score (nSPS) is 11.0. The maximum atomic E-state index is 6.20. The summed E-state index contributed by atoms with van der Waals surface area (Å²) in [5, 5.41) is 11.3. The number of rotatable bonds is 4. The highest BCUT2D eigenvalue weighted by Crippen LogP contribution is 2.29.